The topological polar surface area (TPSA) is 73.1 Å². The third-order valence-corrected chi connectivity index (χ3v) is 7.90. The molecule has 0 radical (unpaired) electrons. The number of benzene rings is 2. The molecule has 1 atom stereocenters. The van der Waals surface area contributed by atoms with Crippen molar-refractivity contribution in [2.75, 3.05) is 31.7 Å². The summed E-state index contributed by atoms with van der Waals surface area (Å²) in [6.07, 6.45) is 4.37. The van der Waals surface area contributed by atoms with Crippen molar-refractivity contribution in [2.45, 2.75) is 39.7 Å². The lowest BCUT2D eigenvalue weighted by molar-refractivity contribution is -0.139. The summed E-state index contributed by atoms with van der Waals surface area (Å²) in [5.41, 5.74) is 4.95. The number of hydrogen-bond acceptors (Lipinski definition) is 7. The van der Waals surface area contributed by atoms with Gasteiger partial charge in [0.15, 0.2) is 4.80 Å². The standard InChI is InChI=1S/C29H31N3O4S/c1-5-36-28(34)25-19(3)30-29-32(26(25)21-9-11-22(35-4)12-10-21)27(33)24(37-29)17-20-8-13-23(18(2)16-20)31-14-6-7-15-31/h8-13,16-17,26H,5-7,14-15H2,1-4H3/b24-17+/t26-/m1/s1. The Morgan fingerprint density at radius 3 is 2.51 bits per heavy atom. The van der Waals surface area contributed by atoms with E-state index >= 15 is 0 Å². The zero-order chi connectivity index (χ0) is 26.1. The Morgan fingerprint density at radius 2 is 1.86 bits per heavy atom. The fraction of sp³-hybridized carbons (Fsp3) is 0.345. The number of ether oxygens (including phenoxy) is 2. The minimum atomic E-state index is -0.636. The highest BCUT2D eigenvalue weighted by atomic mass is 32.1. The molecule has 0 aliphatic carbocycles. The van der Waals surface area contributed by atoms with E-state index in [1.165, 1.54) is 35.4 Å². The molecule has 0 N–H and O–H groups in total. The predicted molar refractivity (Wildman–Crippen MR) is 146 cm³/mol. The average Bonchev–Trinajstić information content (AvgIpc) is 3.52. The first-order valence-corrected chi connectivity index (χ1v) is 13.4. The van der Waals surface area contributed by atoms with Crippen LogP contribution in [-0.4, -0.2) is 37.3 Å². The monoisotopic (exact) mass is 517 g/mol. The highest BCUT2D eigenvalue weighted by molar-refractivity contribution is 7.07. The van der Waals surface area contributed by atoms with Crippen LogP contribution in [0.25, 0.3) is 6.08 Å². The lowest BCUT2D eigenvalue weighted by Gasteiger charge is -2.24. The molecule has 3 heterocycles. The van der Waals surface area contributed by atoms with E-state index in [0.717, 1.165) is 24.2 Å². The Hall–Kier alpha value is -3.65. The van der Waals surface area contributed by atoms with Gasteiger partial charge in [0.1, 0.15) is 5.75 Å². The van der Waals surface area contributed by atoms with Gasteiger partial charge in [0, 0.05) is 18.8 Å². The maximum Gasteiger partial charge on any atom is 0.338 e. The van der Waals surface area contributed by atoms with E-state index in [9.17, 15) is 9.59 Å². The molecule has 1 aromatic heterocycles. The summed E-state index contributed by atoms with van der Waals surface area (Å²) in [6, 6.07) is 13.1. The molecule has 0 unspecified atom stereocenters. The molecule has 0 amide bonds. The molecule has 2 aliphatic rings. The number of fused-ring (bicyclic) bond motifs is 1. The van der Waals surface area contributed by atoms with E-state index in [0.29, 0.717) is 26.4 Å². The van der Waals surface area contributed by atoms with Gasteiger partial charge in [-0.05, 0) is 80.6 Å². The fourth-order valence-corrected chi connectivity index (χ4v) is 6.17. The highest BCUT2D eigenvalue weighted by Crippen LogP contribution is 2.31. The average molecular weight is 518 g/mol. The van der Waals surface area contributed by atoms with Gasteiger partial charge in [-0.3, -0.25) is 9.36 Å². The van der Waals surface area contributed by atoms with Crippen molar-refractivity contribution in [1.82, 2.24) is 4.57 Å². The molecule has 5 rings (SSSR count). The summed E-state index contributed by atoms with van der Waals surface area (Å²) in [6.45, 7) is 8.09. The molecular weight excluding hydrogens is 486 g/mol. The van der Waals surface area contributed by atoms with Gasteiger partial charge in [-0.2, -0.15) is 0 Å². The lowest BCUT2D eigenvalue weighted by Crippen LogP contribution is -2.39. The Kier molecular flexibility index (Phi) is 7.02. The number of esters is 1. The van der Waals surface area contributed by atoms with Crippen molar-refractivity contribution in [3.63, 3.8) is 0 Å². The molecule has 37 heavy (non-hydrogen) atoms. The van der Waals surface area contributed by atoms with Gasteiger partial charge in [0.25, 0.3) is 5.56 Å². The number of methoxy groups -OCH3 is 1. The van der Waals surface area contributed by atoms with E-state index in [-0.39, 0.29) is 12.2 Å². The summed E-state index contributed by atoms with van der Waals surface area (Å²) in [5.74, 6) is 0.231. The van der Waals surface area contributed by atoms with Crippen molar-refractivity contribution in [3.05, 3.63) is 90.1 Å². The number of hydrogen-bond donors (Lipinski definition) is 0. The number of carbonyl (C=O) groups is 1. The summed E-state index contributed by atoms with van der Waals surface area (Å²) < 4.78 is 12.9. The first-order chi connectivity index (χ1) is 17.9. The maximum atomic E-state index is 13.8. The molecule has 0 spiro atoms. The van der Waals surface area contributed by atoms with Crippen LogP contribution in [-0.2, 0) is 9.53 Å². The molecule has 0 saturated carbocycles. The minimum Gasteiger partial charge on any atom is -0.497 e. The largest absolute Gasteiger partial charge is 0.497 e. The third kappa shape index (κ3) is 4.73. The minimum absolute atomic E-state index is 0.180. The van der Waals surface area contributed by atoms with Crippen LogP contribution in [0.1, 0.15) is 49.4 Å². The Morgan fingerprint density at radius 1 is 1.14 bits per heavy atom. The summed E-state index contributed by atoms with van der Waals surface area (Å²) in [5, 5.41) is 0. The van der Waals surface area contributed by atoms with Crippen molar-refractivity contribution in [2.24, 2.45) is 4.99 Å². The molecule has 7 nitrogen and oxygen atoms in total. The predicted octanol–water partition coefficient (Wildman–Crippen LogP) is 3.72. The molecule has 2 aliphatic heterocycles. The van der Waals surface area contributed by atoms with Crippen LogP contribution in [0.3, 0.4) is 0 Å². The number of aryl methyl sites for hydroxylation is 1. The summed E-state index contributed by atoms with van der Waals surface area (Å²) in [4.78, 5) is 34.5. The van der Waals surface area contributed by atoms with Crippen molar-refractivity contribution < 1.29 is 14.3 Å². The first-order valence-electron chi connectivity index (χ1n) is 12.6. The van der Waals surface area contributed by atoms with E-state index in [1.807, 2.05) is 30.3 Å². The Balaban J connectivity index is 1.62. The number of allylic oxidation sites excluding steroid dienone is 1. The second-order valence-corrected chi connectivity index (χ2v) is 10.3. The molecule has 0 bridgehead atoms. The second-order valence-electron chi connectivity index (χ2n) is 9.32. The highest BCUT2D eigenvalue weighted by Gasteiger charge is 2.33. The van der Waals surface area contributed by atoms with Crippen molar-refractivity contribution in [1.29, 1.82) is 0 Å². The maximum absolute atomic E-state index is 13.8. The summed E-state index contributed by atoms with van der Waals surface area (Å²) in [7, 11) is 1.60. The van der Waals surface area contributed by atoms with Gasteiger partial charge in [-0.15, -0.1) is 0 Å². The normalized spacial score (nSPS) is 17.6. The van der Waals surface area contributed by atoms with Crippen molar-refractivity contribution in [3.8, 4) is 5.75 Å². The molecule has 1 saturated heterocycles. The molecule has 192 valence electrons. The van der Waals surface area contributed by atoms with Crippen LogP contribution in [0.4, 0.5) is 5.69 Å². The number of nitrogens with zero attached hydrogens (tertiary/aromatic N) is 3. The molecule has 2 aromatic carbocycles. The van der Waals surface area contributed by atoms with Crippen molar-refractivity contribution >= 4 is 29.1 Å². The quantitative estimate of drug-likeness (QED) is 0.466. The van der Waals surface area contributed by atoms with Gasteiger partial charge in [-0.25, -0.2) is 9.79 Å². The van der Waals surface area contributed by atoms with Gasteiger partial charge >= 0.3 is 5.97 Å². The van der Waals surface area contributed by atoms with E-state index in [2.05, 4.69) is 35.0 Å². The number of aromatic nitrogens is 1. The van der Waals surface area contributed by atoms with Gasteiger partial charge in [0.05, 0.1) is 35.6 Å². The number of thiazole rings is 1. The third-order valence-electron chi connectivity index (χ3n) is 6.91. The fourth-order valence-electron chi connectivity index (χ4n) is 5.13. The molecule has 3 aromatic rings. The van der Waals surface area contributed by atoms with E-state index in [1.54, 1.807) is 25.5 Å². The van der Waals surface area contributed by atoms with Crippen LogP contribution < -0.4 is 24.5 Å². The first kappa shape index (κ1) is 25.0. The zero-order valence-corrected chi connectivity index (χ0v) is 22.4. The van der Waals surface area contributed by atoms with Gasteiger partial charge in [-0.1, -0.05) is 29.5 Å². The Bertz CT molecular complexity index is 1540. The van der Waals surface area contributed by atoms with Crippen LogP contribution in [0.5, 0.6) is 5.75 Å². The van der Waals surface area contributed by atoms with Gasteiger partial charge < -0.3 is 14.4 Å². The number of rotatable bonds is 6. The molecular formula is C29H31N3O4S. The smallest absolute Gasteiger partial charge is 0.338 e. The van der Waals surface area contributed by atoms with E-state index < -0.39 is 12.0 Å². The van der Waals surface area contributed by atoms with E-state index in [4.69, 9.17) is 9.47 Å². The number of anilines is 1. The van der Waals surface area contributed by atoms with Crippen LogP contribution in [0.15, 0.2) is 63.5 Å². The molecule has 1 fully saturated rings. The van der Waals surface area contributed by atoms with Crippen LogP contribution >= 0.6 is 11.3 Å². The summed E-state index contributed by atoms with van der Waals surface area (Å²) >= 11 is 1.34. The molecule has 8 heteroatoms. The van der Waals surface area contributed by atoms with Crippen LogP contribution in [0, 0.1) is 6.92 Å². The SMILES string of the molecule is CCOC(=O)C1=C(C)N=c2s/c(=C/c3ccc(N4CCCC4)c(C)c3)c(=O)n2[C@@H]1c1ccc(OC)cc1. The number of carbonyl (C=O) groups excluding carboxylic acids is 1. The zero-order valence-electron chi connectivity index (χ0n) is 21.6. The van der Waals surface area contributed by atoms with Crippen LogP contribution in [0.2, 0.25) is 0 Å². The Labute approximate surface area is 220 Å². The lowest BCUT2D eigenvalue weighted by atomic mass is 9.96. The second kappa shape index (κ2) is 10.4. The van der Waals surface area contributed by atoms with Gasteiger partial charge in [0.2, 0.25) is 0 Å².